The Hall–Kier alpha value is -3.90. The number of fused-ring (bicyclic) bond motifs is 1. The molecule has 0 aliphatic carbocycles. The van der Waals surface area contributed by atoms with Crippen LogP contribution in [0, 0.1) is 11.6 Å². The molecule has 34 heavy (non-hydrogen) atoms. The maximum atomic E-state index is 15.2. The van der Waals surface area contributed by atoms with Crippen LogP contribution in [0.4, 0.5) is 22.0 Å². The van der Waals surface area contributed by atoms with E-state index in [9.17, 15) is 36.7 Å². The molecule has 2 aromatic rings. The number of imide groups is 1. The van der Waals surface area contributed by atoms with Gasteiger partial charge in [0.1, 0.15) is 23.4 Å². The lowest BCUT2D eigenvalue weighted by atomic mass is 10.0. The van der Waals surface area contributed by atoms with Gasteiger partial charge in [0.25, 0.3) is 11.8 Å². The van der Waals surface area contributed by atoms with E-state index in [1.54, 1.807) is 5.32 Å². The van der Waals surface area contributed by atoms with Gasteiger partial charge >= 0.3 is 6.18 Å². The standard InChI is InChI=1S/C21H15F5N4O4/c22-12-2-1-7-27-16(12)17(21(24,25)26)29-18(32)10-4-3-9-11(15(10)23)8-30(20(9)34)13-5-6-14(31)28-19(13)33/h1-4,7,13,17H,5-6,8H2,(H,29,32)(H,28,31,33)/t13?,17-/m1/s1. The van der Waals surface area contributed by atoms with E-state index in [2.05, 4.69) is 10.3 Å². The Bertz CT molecular complexity index is 1220. The zero-order chi connectivity index (χ0) is 24.8. The van der Waals surface area contributed by atoms with Crippen LogP contribution in [0.1, 0.15) is 50.9 Å². The highest BCUT2D eigenvalue weighted by atomic mass is 19.4. The molecule has 2 atom stereocenters. The van der Waals surface area contributed by atoms with Gasteiger partial charge in [-0.25, -0.2) is 8.78 Å². The predicted molar refractivity (Wildman–Crippen MR) is 103 cm³/mol. The number of rotatable bonds is 4. The van der Waals surface area contributed by atoms with Crippen molar-refractivity contribution in [1.82, 2.24) is 20.5 Å². The van der Waals surface area contributed by atoms with E-state index in [-0.39, 0.29) is 24.0 Å². The number of amides is 4. The summed E-state index contributed by atoms with van der Waals surface area (Å²) in [4.78, 5) is 53.0. The molecule has 4 amide bonds. The summed E-state index contributed by atoms with van der Waals surface area (Å²) in [5, 5.41) is 3.63. The number of benzene rings is 1. The molecule has 1 saturated heterocycles. The zero-order valence-corrected chi connectivity index (χ0v) is 17.1. The molecule has 1 aromatic carbocycles. The number of halogens is 5. The van der Waals surface area contributed by atoms with Crippen molar-refractivity contribution >= 4 is 23.6 Å². The third kappa shape index (κ3) is 4.08. The highest BCUT2D eigenvalue weighted by Crippen LogP contribution is 2.34. The highest BCUT2D eigenvalue weighted by Gasteiger charge is 2.45. The number of hydrogen-bond acceptors (Lipinski definition) is 5. The monoisotopic (exact) mass is 482 g/mol. The molecule has 0 bridgehead atoms. The van der Waals surface area contributed by atoms with Crippen LogP contribution in [-0.4, -0.2) is 45.7 Å². The number of carbonyl (C=O) groups excluding carboxylic acids is 4. The molecule has 178 valence electrons. The van der Waals surface area contributed by atoms with Crippen molar-refractivity contribution in [1.29, 1.82) is 0 Å². The number of piperidine rings is 1. The summed E-state index contributed by atoms with van der Waals surface area (Å²) >= 11 is 0. The van der Waals surface area contributed by atoms with Crippen LogP contribution < -0.4 is 10.6 Å². The lowest BCUT2D eigenvalue weighted by Gasteiger charge is -2.29. The van der Waals surface area contributed by atoms with Gasteiger partial charge in [-0.2, -0.15) is 13.2 Å². The summed E-state index contributed by atoms with van der Waals surface area (Å²) in [6, 6.07) is -0.201. The molecule has 1 aromatic heterocycles. The first-order chi connectivity index (χ1) is 16.0. The fraction of sp³-hybridized carbons (Fsp3) is 0.286. The maximum Gasteiger partial charge on any atom is 0.414 e. The van der Waals surface area contributed by atoms with Gasteiger partial charge in [-0.3, -0.25) is 29.5 Å². The van der Waals surface area contributed by atoms with Gasteiger partial charge in [-0.1, -0.05) is 0 Å². The number of aromatic nitrogens is 1. The summed E-state index contributed by atoms with van der Waals surface area (Å²) < 4.78 is 69.7. The Kier molecular flexibility index (Phi) is 5.79. The first-order valence-electron chi connectivity index (χ1n) is 9.93. The molecular formula is C21H15F5N4O4. The fourth-order valence-corrected chi connectivity index (χ4v) is 3.90. The van der Waals surface area contributed by atoms with Crippen LogP contribution in [0.3, 0.4) is 0 Å². The van der Waals surface area contributed by atoms with E-state index >= 15 is 4.39 Å². The van der Waals surface area contributed by atoms with E-state index in [0.29, 0.717) is 0 Å². The molecule has 0 radical (unpaired) electrons. The second kappa shape index (κ2) is 8.47. The number of pyridine rings is 1. The molecule has 8 nitrogen and oxygen atoms in total. The van der Waals surface area contributed by atoms with E-state index < -0.39 is 71.3 Å². The molecule has 3 heterocycles. The number of nitrogens with one attached hydrogen (secondary N) is 2. The molecular weight excluding hydrogens is 467 g/mol. The first-order valence-corrected chi connectivity index (χ1v) is 9.93. The van der Waals surface area contributed by atoms with Gasteiger partial charge in [0.05, 0.1) is 12.1 Å². The predicted octanol–water partition coefficient (Wildman–Crippen LogP) is 2.15. The van der Waals surface area contributed by atoms with Crippen molar-refractivity contribution in [3.63, 3.8) is 0 Å². The SMILES string of the molecule is O=C1CCC(N2Cc3c(ccc(C(=O)N[C@H](c4ncccc4F)C(F)(F)F)c3F)C2=O)C(=O)N1. The average molecular weight is 482 g/mol. The number of alkyl halides is 3. The average Bonchev–Trinajstić information content (AvgIpc) is 3.09. The Labute approximate surface area is 188 Å². The van der Waals surface area contributed by atoms with Gasteiger partial charge in [-0.05, 0) is 30.7 Å². The van der Waals surface area contributed by atoms with Crippen LogP contribution in [0.2, 0.25) is 0 Å². The van der Waals surface area contributed by atoms with Crippen LogP contribution >= 0.6 is 0 Å². The fourth-order valence-electron chi connectivity index (χ4n) is 3.90. The Morgan fingerprint density at radius 3 is 2.56 bits per heavy atom. The Balaban J connectivity index is 1.61. The minimum absolute atomic E-state index is 0.0161. The van der Waals surface area contributed by atoms with Crippen molar-refractivity contribution in [2.24, 2.45) is 0 Å². The Morgan fingerprint density at radius 2 is 1.91 bits per heavy atom. The van der Waals surface area contributed by atoms with E-state index in [4.69, 9.17) is 0 Å². The highest BCUT2D eigenvalue weighted by molar-refractivity contribution is 6.06. The summed E-state index contributed by atoms with van der Waals surface area (Å²) in [5.74, 6) is -6.04. The molecule has 13 heteroatoms. The minimum Gasteiger partial charge on any atom is -0.335 e. The molecule has 0 saturated carbocycles. The zero-order valence-electron chi connectivity index (χ0n) is 17.1. The molecule has 4 rings (SSSR count). The Morgan fingerprint density at radius 1 is 1.18 bits per heavy atom. The lowest BCUT2D eigenvalue weighted by molar-refractivity contribution is -0.156. The van der Waals surface area contributed by atoms with Crippen LogP contribution in [0.25, 0.3) is 0 Å². The maximum absolute atomic E-state index is 15.2. The second-order valence-corrected chi connectivity index (χ2v) is 7.67. The van der Waals surface area contributed by atoms with E-state index in [1.165, 1.54) is 0 Å². The second-order valence-electron chi connectivity index (χ2n) is 7.67. The van der Waals surface area contributed by atoms with Crippen LogP contribution in [-0.2, 0) is 16.1 Å². The molecule has 1 fully saturated rings. The number of hydrogen-bond donors (Lipinski definition) is 2. The van der Waals surface area contributed by atoms with Gasteiger partial charge < -0.3 is 10.2 Å². The van der Waals surface area contributed by atoms with E-state index in [1.807, 2.05) is 0 Å². The van der Waals surface area contributed by atoms with Gasteiger partial charge in [-0.15, -0.1) is 0 Å². The molecule has 0 spiro atoms. The summed E-state index contributed by atoms with van der Waals surface area (Å²) in [6.45, 7) is -0.426. The van der Waals surface area contributed by atoms with Crippen molar-refractivity contribution in [2.75, 3.05) is 0 Å². The smallest absolute Gasteiger partial charge is 0.335 e. The topological polar surface area (TPSA) is 108 Å². The quantitative estimate of drug-likeness (QED) is 0.513. The summed E-state index contributed by atoms with van der Waals surface area (Å²) in [7, 11) is 0. The summed E-state index contributed by atoms with van der Waals surface area (Å²) in [5.41, 5.74) is -2.34. The normalized spacial score (nSPS) is 19.0. The summed E-state index contributed by atoms with van der Waals surface area (Å²) in [6.07, 6.45) is -4.25. The van der Waals surface area contributed by atoms with Crippen molar-refractivity contribution < 1.29 is 41.1 Å². The molecule has 1 unspecified atom stereocenters. The molecule has 2 N–H and O–H groups in total. The van der Waals surface area contributed by atoms with E-state index in [0.717, 1.165) is 35.4 Å². The minimum atomic E-state index is -5.14. The van der Waals surface area contributed by atoms with Crippen molar-refractivity contribution in [3.05, 3.63) is 64.5 Å². The molecule has 2 aliphatic rings. The van der Waals surface area contributed by atoms with Crippen LogP contribution in [0.5, 0.6) is 0 Å². The third-order valence-electron chi connectivity index (χ3n) is 5.56. The number of carbonyl (C=O) groups is 4. The third-order valence-corrected chi connectivity index (χ3v) is 5.56. The van der Waals surface area contributed by atoms with Gasteiger partial charge in [0, 0.05) is 23.7 Å². The number of nitrogens with zero attached hydrogens (tertiary/aromatic N) is 2. The first kappa shape index (κ1) is 23.3. The molecule has 2 aliphatic heterocycles. The van der Waals surface area contributed by atoms with Crippen LogP contribution in [0.15, 0.2) is 30.5 Å². The lowest BCUT2D eigenvalue weighted by Crippen LogP contribution is -2.52. The van der Waals surface area contributed by atoms with Crippen molar-refractivity contribution in [3.8, 4) is 0 Å². The van der Waals surface area contributed by atoms with Gasteiger partial charge in [0.15, 0.2) is 6.04 Å². The largest absolute Gasteiger partial charge is 0.414 e. The van der Waals surface area contributed by atoms with Crippen molar-refractivity contribution in [2.45, 2.75) is 37.6 Å². The van der Waals surface area contributed by atoms with Gasteiger partial charge in [0.2, 0.25) is 11.8 Å².